The summed E-state index contributed by atoms with van der Waals surface area (Å²) in [5, 5.41) is 9.43. The number of halogens is 1. The first kappa shape index (κ1) is 9.23. The van der Waals surface area contributed by atoms with Gasteiger partial charge in [0, 0.05) is 0 Å². The van der Waals surface area contributed by atoms with Crippen molar-refractivity contribution in [3.05, 3.63) is 0 Å². The van der Waals surface area contributed by atoms with Crippen molar-refractivity contribution in [3.63, 3.8) is 0 Å². The van der Waals surface area contributed by atoms with Crippen LogP contribution in [-0.4, -0.2) is 22.5 Å². The molecule has 10 heavy (non-hydrogen) atoms. The van der Waals surface area contributed by atoms with E-state index >= 15 is 0 Å². The largest absolute Gasteiger partial charge is 0.465 e. The Morgan fingerprint density at radius 3 is 2.30 bits per heavy atom. The summed E-state index contributed by atoms with van der Waals surface area (Å²) >= 11 is 5.02. The predicted octanol–water partition coefficient (Wildman–Crippen LogP) is 0.798. The first-order chi connectivity index (χ1) is 4.57. The number of carboxylic acid groups (broad SMARTS) is 1. The minimum atomic E-state index is -1.24. The topological polar surface area (TPSA) is 66.4 Å². The van der Waals surface area contributed by atoms with Crippen LogP contribution in [0, 0.1) is 0 Å². The minimum absolute atomic E-state index is 0.370. The number of carbonyl (C=O) groups excluding carboxylic acids is 1. The van der Waals surface area contributed by atoms with Crippen molar-refractivity contribution in [1.29, 1.82) is 0 Å². The molecule has 58 valence electrons. The molecule has 0 unspecified atom stereocenters. The van der Waals surface area contributed by atoms with Crippen LogP contribution >= 0.6 is 11.6 Å². The van der Waals surface area contributed by atoms with Crippen molar-refractivity contribution in [2.75, 3.05) is 0 Å². The molecule has 0 rings (SSSR count). The highest BCUT2D eigenvalue weighted by Crippen LogP contribution is 1.95. The van der Waals surface area contributed by atoms with Crippen molar-refractivity contribution in [3.8, 4) is 0 Å². The SMILES string of the molecule is CC[C@@H](NC(=O)O)C(=O)Cl. The van der Waals surface area contributed by atoms with E-state index in [1.165, 1.54) is 0 Å². The quantitative estimate of drug-likeness (QED) is 0.608. The number of hydrogen-bond donors (Lipinski definition) is 2. The molecule has 0 radical (unpaired) electrons. The van der Waals surface area contributed by atoms with Gasteiger partial charge in [-0.25, -0.2) is 4.79 Å². The van der Waals surface area contributed by atoms with Crippen LogP contribution in [0.3, 0.4) is 0 Å². The highest BCUT2D eigenvalue weighted by Gasteiger charge is 2.14. The fraction of sp³-hybridized carbons (Fsp3) is 0.600. The third kappa shape index (κ3) is 3.29. The molecule has 1 amide bonds. The van der Waals surface area contributed by atoms with Crippen LogP contribution in [-0.2, 0) is 4.79 Å². The zero-order chi connectivity index (χ0) is 8.15. The van der Waals surface area contributed by atoms with Crippen LogP contribution in [0.5, 0.6) is 0 Å². The molecule has 0 aromatic carbocycles. The summed E-state index contributed by atoms with van der Waals surface area (Å²) in [6, 6.07) is -0.779. The molecule has 1 atom stereocenters. The number of nitrogens with one attached hydrogen (secondary N) is 1. The fourth-order valence-electron chi connectivity index (χ4n) is 0.468. The van der Waals surface area contributed by atoms with Crippen molar-refractivity contribution in [2.24, 2.45) is 0 Å². The van der Waals surface area contributed by atoms with Gasteiger partial charge in [-0.3, -0.25) is 4.79 Å². The van der Waals surface area contributed by atoms with Crippen LogP contribution in [0.1, 0.15) is 13.3 Å². The Hall–Kier alpha value is -0.770. The van der Waals surface area contributed by atoms with Crippen LogP contribution in [0.25, 0.3) is 0 Å². The minimum Gasteiger partial charge on any atom is -0.465 e. The van der Waals surface area contributed by atoms with Crippen LogP contribution in [0.15, 0.2) is 0 Å². The molecule has 0 aliphatic carbocycles. The lowest BCUT2D eigenvalue weighted by Crippen LogP contribution is -2.37. The van der Waals surface area contributed by atoms with Gasteiger partial charge < -0.3 is 10.4 Å². The lowest BCUT2D eigenvalue weighted by Gasteiger charge is -2.07. The smallest absolute Gasteiger partial charge is 0.405 e. The highest BCUT2D eigenvalue weighted by atomic mass is 35.5. The van der Waals surface area contributed by atoms with Gasteiger partial charge in [0.15, 0.2) is 0 Å². The Bertz CT molecular complexity index is 148. The monoisotopic (exact) mass is 165 g/mol. The summed E-state index contributed by atoms with van der Waals surface area (Å²) in [6.07, 6.45) is -0.866. The van der Waals surface area contributed by atoms with E-state index < -0.39 is 17.4 Å². The molecule has 0 saturated heterocycles. The van der Waals surface area contributed by atoms with Gasteiger partial charge in [-0.1, -0.05) is 6.92 Å². The Morgan fingerprint density at radius 1 is 1.70 bits per heavy atom. The summed E-state index contributed by atoms with van der Waals surface area (Å²) in [4.78, 5) is 20.3. The standard InChI is InChI=1S/C5H8ClNO3/c1-2-3(4(6)8)7-5(9)10/h3,7H,2H2,1H3,(H,9,10)/t3-/m1/s1. The summed E-state index contributed by atoms with van der Waals surface area (Å²) in [7, 11) is 0. The average Bonchev–Trinajstić information content (AvgIpc) is 1.81. The number of rotatable bonds is 3. The third-order valence-corrected chi connectivity index (χ3v) is 1.24. The molecule has 5 heteroatoms. The molecule has 0 spiro atoms. The highest BCUT2D eigenvalue weighted by molar-refractivity contribution is 6.64. The zero-order valence-corrected chi connectivity index (χ0v) is 6.18. The molecule has 0 aliphatic heterocycles. The molecule has 0 bridgehead atoms. The van der Waals surface area contributed by atoms with Crippen molar-refractivity contribution in [2.45, 2.75) is 19.4 Å². The average molecular weight is 166 g/mol. The molecule has 0 saturated carbocycles. The molecule has 4 nitrogen and oxygen atoms in total. The van der Waals surface area contributed by atoms with Gasteiger partial charge >= 0.3 is 6.09 Å². The Morgan fingerprint density at radius 2 is 2.20 bits per heavy atom. The van der Waals surface area contributed by atoms with E-state index in [2.05, 4.69) is 0 Å². The van der Waals surface area contributed by atoms with E-state index in [0.717, 1.165) is 0 Å². The van der Waals surface area contributed by atoms with E-state index in [4.69, 9.17) is 16.7 Å². The molecule has 2 N–H and O–H groups in total. The van der Waals surface area contributed by atoms with Crippen LogP contribution < -0.4 is 5.32 Å². The first-order valence-electron chi connectivity index (χ1n) is 2.76. The van der Waals surface area contributed by atoms with E-state index in [9.17, 15) is 9.59 Å². The molecule has 0 fully saturated rings. The van der Waals surface area contributed by atoms with Gasteiger partial charge in [0.05, 0.1) is 0 Å². The van der Waals surface area contributed by atoms with Crippen molar-refractivity contribution < 1.29 is 14.7 Å². The molecule has 0 aromatic heterocycles. The maximum Gasteiger partial charge on any atom is 0.405 e. The maximum absolute atomic E-state index is 10.4. The lowest BCUT2D eigenvalue weighted by molar-refractivity contribution is -0.113. The number of carbonyl (C=O) groups is 2. The van der Waals surface area contributed by atoms with E-state index in [0.29, 0.717) is 6.42 Å². The lowest BCUT2D eigenvalue weighted by atomic mass is 10.2. The van der Waals surface area contributed by atoms with E-state index in [-0.39, 0.29) is 0 Å². The summed E-state index contributed by atoms with van der Waals surface area (Å²) in [6.45, 7) is 1.67. The maximum atomic E-state index is 10.4. The molecule has 0 aliphatic rings. The molecular formula is C5H8ClNO3. The normalized spacial score (nSPS) is 12.2. The third-order valence-electron chi connectivity index (χ3n) is 0.980. The second kappa shape index (κ2) is 4.11. The van der Waals surface area contributed by atoms with Gasteiger partial charge in [0.1, 0.15) is 6.04 Å². The number of hydrogen-bond acceptors (Lipinski definition) is 2. The summed E-state index contributed by atoms with van der Waals surface area (Å²) < 4.78 is 0. The Kier molecular flexibility index (Phi) is 3.79. The molecular weight excluding hydrogens is 158 g/mol. The Labute approximate surface area is 63.2 Å². The van der Waals surface area contributed by atoms with Crippen LogP contribution in [0.4, 0.5) is 4.79 Å². The number of amides is 1. The van der Waals surface area contributed by atoms with E-state index in [1.807, 2.05) is 5.32 Å². The van der Waals surface area contributed by atoms with Gasteiger partial charge in [0.25, 0.3) is 0 Å². The Balaban J connectivity index is 3.83. The first-order valence-corrected chi connectivity index (χ1v) is 3.14. The zero-order valence-electron chi connectivity index (χ0n) is 5.43. The van der Waals surface area contributed by atoms with Gasteiger partial charge in [0.2, 0.25) is 5.24 Å². The predicted molar refractivity (Wildman–Crippen MR) is 36.1 cm³/mol. The molecule has 0 heterocycles. The van der Waals surface area contributed by atoms with Gasteiger partial charge in [-0.05, 0) is 18.0 Å². The van der Waals surface area contributed by atoms with Gasteiger partial charge in [-0.15, -0.1) is 0 Å². The second-order valence-corrected chi connectivity index (χ2v) is 2.09. The van der Waals surface area contributed by atoms with Gasteiger partial charge in [-0.2, -0.15) is 0 Å². The van der Waals surface area contributed by atoms with Crippen molar-refractivity contribution >= 4 is 22.9 Å². The summed E-state index contributed by atoms with van der Waals surface area (Å²) in [5.41, 5.74) is 0. The van der Waals surface area contributed by atoms with Crippen molar-refractivity contribution in [1.82, 2.24) is 5.32 Å². The second-order valence-electron chi connectivity index (χ2n) is 1.71. The summed E-state index contributed by atoms with van der Waals surface area (Å²) in [5.74, 6) is 0. The van der Waals surface area contributed by atoms with E-state index in [1.54, 1.807) is 6.92 Å². The van der Waals surface area contributed by atoms with Crippen LogP contribution in [0.2, 0.25) is 0 Å². The molecule has 0 aromatic rings. The fourth-order valence-corrected chi connectivity index (χ4v) is 0.677.